The lowest BCUT2D eigenvalue weighted by molar-refractivity contribution is -0.00853. The second kappa shape index (κ2) is 9.63. The van der Waals surface area contributed by atoms with Crippen molar-refractivity contribution >= 4 is 11.9 Å². The molecule has 2 unspecified atom stereocenters. The molecule has 2 rings (SSSR count). The van der Waals surface area contributed by atoms with Crippen LogP contribution in [0.5, 0.6) is 0 Å². The van der Waals surface area contributed by atoms with Crippen molar-refractivity contribution in [2.24, 2.45) is 11.3 Å². The molecule has 0 radical (unpaired) electrons. The zero-order valence-corrected chi connectivity index (χ0v) is 17.2. The molecule has 0 saturated heterocycles. The topological polar surface area (TPSA) is 55.4 Å². The lowest BCUT2D eigenvalue weighted by Gasteiger charge is -2.36. The first-order valence-electron chi connectivity index (χ1n) is 9.62. The Morgan fingerprint density at radius 2 is 1.41 bits per heavy atom. The van der Waals surface area contributed by atoms with Crippen molar-refractivity contribution in [2.45, 2.75) is 40.2 Å². The average Bonchev–Trinajstić information content (AvgIpc) is 2.67. The van der Waals surface area contributed by atoms with Crippen molar-refractivity contribution in [1.82, 2.24) is 5.32 Å². The quantitative estimate of drug-likeness (QED) is 0.663. The lowest BCUT2D eigenvalue weighted by Crippen LogP contribution is -2.43. The average molecular weight is 403 g/mol. The van der Waals surface area contributed by atoms with E-state index in [-0.39, 0.29) is 29.3 Å². The van der Waals surface area contributed by atoms with Gasteiger partial charge < -0.3 is 10.1 Å². The van der Waals surface area contributed by atoms with E-state index < -0.39 is 23.7 Å². The van der Waals surface area contributed by atoms with Crippen LogP contribution >= 0.6 is 0 Å². The van der Waals surface area contributed by atoms with Gasteiger partial charge in [0.05, 0.1) is 5.56 Å². The van der Waals surface area contributed by atoms with Crippen LogP contribution in [0.1, 0.15) is 54.8 Å². The maximum atomic E-state index is 13.1. The zero-order chi connectivity index (χ0) is 21.6. The van der Waals surface area contributed by atoms with Crippen LogP contribution in [0.2, 0.25) is 0 Å². The Balaban J connectivity index is 2.10. The van der Waals surface area contributed by atoms with E-state index in [1.165, 1.54) is 48.5 Å². The van der Waals surface area contributed by atoms with Crippen LogP contribution in [0, 0.1) is 23.0 Å². The first kappa shape index (κ1) is 22.5. The van der Waals surface area contributed by atoms with Gasteiger partial charge in [0.15, 0.2) is 0 Å². The van der Waals surface area contributed by atoms with E-state index in [0.29, 0.717) is 12.0 Å². The molecule has 0 spiro atoms. The van der Waals surface area contributed by atoms with E-state index in [2.05, 4.69) is 5.32 Å². The van der Waals surface area contributed by atoms with Crippen LogP contribution in [0.15, 0.2) is 48.5 Å². The molecule has 29 heavy (non-hydrogen) atoms. The van der Waals surface area contributed by atoms with Gasteiger partial charge in [-0.25, -0.2) is 13.6 Å². The van der Waals surface area contributed by atoms with E-state index in [0.717, 1.165) is 0 Å². The fraction of sp³-hybridized carbons (Fsp3) is 0.391. The number of esters is 1. The molecule has 2 aromatic carbocycles. The summed E-state index contributed by atoms with van der Waals surface area (Å²) >= 11 is 0. The van der Waals surface area contributed by atoms with Gasteiger partial charge in [-0.1, -0.05) is 27.7 Å². The fourth-order valence-corrected chi connectivity index (χ4v) is 3.14. The van der Waals surface area contributed by atoms with E-state index in [4.69, 9.17) is 4.74 Å². The Morgan fingerprint density at radius 1 is 0.931 bits per heavy atom. The Labute approximate surface area is 170 Å². The molecule has 0 heterocycles. The second-order valence-corrected chi connectivity index (χ2v) is 8.05. The van der Waals surface area contributed by atoms with Crippen molar-refractivity contribution < 1.29 is 23.1 Å². The summed E-state index contributed by atoms with van der Waals surface area (Å²) in [5.41, 5.74) is 0.364. The minimum absolute atomic E-state index is 0.165. The first-order chi connectivity index (χ1) is 13.6. The molecule has 1 N–H and O–H groups in total. The third-order valence-electron chi connectivity index (χ3n) is 4.89. The highest BCUT2D eigenvalue weighted by Gasteiger charge is 2.34. The molecule has 156 valence electrons. The summed E-state index contributed by atoms with van der Waals surface area (Å²) in [5.74, 6) is -1.85. The zero-order valence-electron chi connectivity index (χ0n) is 17.2. The van der Waals surface area contributed by atoms with Crippen LogP contribution in [0.3, 0.4) is 0 Å². The highest BCUT2D eigenvalue weighted by molar-refractivity contribution is 5.94. The summed E-state index contributed by atoms with van der Waals surface area (Å²) in [6.07, 6.45) is 0.113. The van der Waals surface area contributed by atoms with Crippen molar-refractivity contribution in [3.8, 4) is 0 Å². The molecule has 0 aliphatic rings. The molecule has 0 saturated carbocycles. The van der Waals surface area contributed by atoms with Gasteiger partial charge in [-0.15, -0.1) is 0 Å². The number of carbonyl (C=O) groups excluding carboxylic acids is 2. The number of hydrogen-bond acceptors (Lipinski definition) is 3. The predicted molar refractivity (Wildman–Crippen MR) is 108 cm³/mol. The van der Waals surface area contributed by atoms with Gasteiger partial charge in [0.2, 0.25) is 0 Å². The molecule has 2 atom stereocenters. The number of rotatable bonds is 7. The number of halogens is 2. The summed E-state index contributed by atoms with van der Waals surface area (Å²) in [5, 5.41) is 2.86. The van der Waals surface area contributed by atoms with E-state index >= 15 is 0 Å². The molecule has 0 aromatic heterocycles. The summed E-state index contributed by atoms with van der Waals surface area (Å²) in [7, 11) is 0. The highest BCUT2D eigenvalue weighted by Crippen LogP contribution is 2.32. The van der Waals surface area contributed by atoms with Crippen molar-refractivity contribution in [1.29, 1.82) is 0 Å². The Morgan fingerprint density at radius 3 is 1.86 bits per heavy atom. The SMILES string of the molecule is CCC(OC(=O)c1ccc(F)cc1)C(CNC(=O)c1ccc(F)cc1)C(C)(C)C. The van der Waals surface area contributed by atoms with Gasteiger partial charge >= 0.3 is 5.97 Å². The minimum Gasteiger partial charge on any atom is -0.458 e. The molecule has 0 fully saturated rings. The van der Waals surface area contributed by atoms with Crippen LogP contribution in [-0.2, 0) is 4.74 Å². The second-order valence-electron chi connectivity index (χ2n) is 8.05. The summed E-state index contributed by atoms with van der Waals surface area (Å²) in [6, 6.07) is 10.5. The van der Waals surface area contributed by atoms with Gasteiger partial charge in [0, 0.05) is 18.0 Å². The maximum Gasteiger partial charge on any atom is 0.338 e. The largest absolute Gasteiger partial charge is 0.458 e. The number of hydrogen-bond donors (Lipinski definition) is 1. The van der Waals surface area contributed by atoms with Gasteiger partial charge in [-0.05, 0) is 60.4 Å². The lowest BCUT2D eigenvalue weighted by atomic mass is 9.76. The third kappa shape index (κ3) is 6.38. The van der Waals surface area contributed by atoms with E-state index in [1.54, 1.807) is 0 Å². The molecule has 1 amide bonds. The van der Waals surface area contributed by atoms with E-state index in [1.807, 2.05) is 27.7 Å². The molecule has 0 bridgehead atoms. The van der Waals surface area contributed by atoms with Crippen molar-refractivity contribution in [3.05, 3.63) is 71.3 Å². The number of amides is 1. The standard InChI is InChI=1S/C23H27F2NO3/c1-5-20(29-22(28)16-8-12-18(25)13-9-16)19(23(2,3)4)14-26-21(27)15-6-10-17(24)11-7-15/h6-13,19-20H,5,14H2,1-4H3,(H,26,27). The van der Waals surface area contributed by atoms with Crippen molar-refractivity contribution in [2.75, 3.05) is 6.54 Å². The number of nitrogens with one attached hydrogen (secondary N) is 1. The highest BCUT2D eigenvalue weighted by atomic mass is 19.1. The first-order valence-corrected chi connectivity index (χ1v) is 9.62. The Kier molecular flexibility index (Phi) is 7.48. The molecule has 0 aliphatic carbocycles. The number of ether oxygens (including phenoxy) is 1. The molecular formula is C23H27F2NO3. The molecule has 6 heteroatoms. The van der Waals surface area contributed by atoms with E-state index in [9.17, 15) is 18.4 Å². The minimum atomic E-state index is -0.532. The van der Waals surface area contributed by atoms with Gasteiger partial charge in [0.25, 0.3) is 5.91 Å². The van der Waals surface area contributed by atoms with Gasteiger partial charge in [0.1, 0.15) is 17.7 Å². The monoisotopic (exact) mass is 403 g/mol. The summed E-state index contributed by atoms with van der Waals surface area (Å²) < 4.78 is 31.8. The fourth-order valence-electron chi connectivity index (χ4n) is 3.14. The Hall–Kier alpha value is -2.76. The Bertz CT molecular complexity index is 827. The molecule has 4 nitrogen and oxygen atoms in total. The summed E-state index contributed by atoms with van der Waals surface area (Å²) in [6.45, 7) is 8.22. The van der Waals surface area contributed by atoms with Crippen LogP contribution in [-0.4, -0.2) is 24.5 Å². The van der Waals surface area contributed by atoms with Gasteiger partial charge in [-0.3, -0.25) is 4.79 Å². The molecular weight excluding hydrogens is 376 g/mol. The van der Waals surface area contributed by atoms with Crippen LogP contribution < -0.4 is 5.32 Å². The maximum absolute atomic E-state index is 13.1. The normalized spacial score (nSPS) is 13.4. The van der Waals surface area contributed by atoms with Crippen LogP contribution in [0.25, 0.3) is 0 Å². The predicted octanol–water partition coefficient (Wildman–Crippen LogP) is 4.99. The molecule has 0 aliphatic heterocycles. The number of carbonyl (C=O) groups is 2. The third-order valence-corrected chi connectivity index (χ3v) is 4.89. The summed E-state index contributed by atoms with van der Waals surface area (Å²) in [4.78, 5) is 24.9. The van der Waals surface area contributed by atoms with Gasteiger partial charge in [-0.2, -0.15) is 0 Å². The molecule has 2 aromatic rings. The van der Waals surface area contributed by atoms with Crippen LogP contribution in [0.4, 0.5) is 8.78 Å². The smallest absolute Gasteiger partial charge is 0.338 e. The number of benzene rings is 2. The van der Waals surface area contributed by atoms with Crippen molar-refractivity contribution in [3.63, 3.8) is 0 Å².